The van der Waals surface area contributed by atoms with Crippen molar-refractivity contribution in [3.8, 4) is 0 Å². The SMILES string of the molecule is CCCCCCCCC=CCCCCCCCCOC(=O)ON(CC=O)C(C)=O. The van der Waals surface area contributed by atoms with Crippen LogP contribution in [0.25, 0.3) is 0 Å². The second-order valence-corrected chi connectivity index (χ2v) is 7.37. The van der Waals surface area contributed by atoms with Gasteiger partial charge in [-0.3, -0.25) is 4.79 Å². The molecule has 168 valence electrons. The minimum absolute atomic E-state index is 0.257. The average molecular weight is 412 g/mol. The summed E-state index contributed by atoms with van der Waals surface area (Å²) in [6.07, 6.45) is 21.2. The predicted molar refractivity (Wildman–Crippen MR) is 115 cm³/mol. The number of hydrogen-bond acceptors (Lipinski definition) is 5. The number of aldehydes is 1. The molecule has 0 aliphatic carbocycles. The van der Waals surface area contributed by atoms with E-state index in [2.05, 4.69) is 23.9 Å². The fraction of sp³-hybridized carbons (Fsp3) is 0.783. The first kappa shape index (κ1) is 27.1. The van der Waals surface area contributed by atoms with E-state index < -0.39 is 12.1 Å². The third-order valence-corrected chi connectivity index (χ3v) is 4.65. The largest absolute Gasteiger partial charge is 0.533 e. The molecule has 29 heavy (non-hydrogen) atoms. The topological polar surface area (TPSA) is 72.9 Å². The number of nitrogens with zero attached hydrogens (tertiary/aromatic N) is 1. The lowest BCUT2D eigenvalue weighted by atomic mass is 10.1. The maximum absolute atomic E-state index is 11.4. The van der Waals surface area contributed by atoms with Crippen LogP contribution in [-0.2, 0) is 19.2 Å². The third-order valence-electron chi connectivity index (χ3n) is 4.65. The molecule has 0 bridgehead atoms. The molecular weight excluding hydrogens is 370 g/mol. The van der Waals surface area contributed by atoms with Crippen molar-refractivity contribution in [3.05, 3.63) is 12.2 Å². The van der Waals surface area contributed by atoms with Gasteiger partial charge in [0.2, 0.25) is 0 Å². The number of carbonyl (C=O) groups excluding carboxylic acids is 3. The van der Waals surface area contributed by atoms with Crippen molar-refractivity contribution in [3.63, 3.8) is 0 Å². The van der Waals surface area contributed by atoms with Crippen molar-refractivity contribution in [2.24, 2.45) is 0 Å². The van der Waals surface area contributed by atoms with Gasteiger partial charge in [0.1, 0.15) is 12.8 Å². The summed E-state index contributed by atoms with van der Waals surface area (Å²) in [5.41, 5.74) is 0. The van der Waals surface area contributed by atoms with Crippen molar-refractivity contribution >= 4 is 18.3 Å². The zero-order valence-electron chi connectivity index (χ0n) is 18.5. The Morgan fingerprint density at radius 2 is 1.31 bits per heavy atom. The first-order valence-electron chi connectivity index (χ1n) is 11.3. The number of rotatable bonds is 18. The van der Waals surface area contributed by atoms with Crippen LogP contribution in [0.3, 0.4) is 0 Å². The summed E-state index contributed by atoms with van der Waals surface area (Å²) in [5, 5.41) is 0.678. The predicted octanol–water partition coefficient (Wildman–Crippen LogP) is 6.14. The van der Waals surface area contributed by atoms with Crippen molar-refractivity contribution in [2.45, 2.75) is 104 Å². The van der Waals surface area contributed by atoms with Crippen molar-refractivity contribution in [2.75, 3.05) is 13.2 Å². The molecule has 0 aromatic rings. The highest BCUT2D eigenvalue weighted by Gasteiger charge is 2.15. The summed E-state index contributed by atoms with van der Waals surface area (Å²) >= 11 is 0. The molecule has 0 N–H and O–H groups in total. The number of hydrogen-bond donors (Lipinski definition) is 0. The zero-order valence-corrected chi connectivity index (χ0v) is 18.5. The van der Waals surface area contributed by atoms with Gasteiger partial charge in [0.05, 0.1) is 6.61 Å². The molecule has 0 spiro atoms. The van der Waals surface area contributed by atoms with Crippen LogP contribution in [0.4, 0.5) is 4.79 Å². The Kier molecular flexibility index (Phi) is 19.5. The van der Waals surface area contributed by atoms with E-state index in [1.54, 1.807) is 0 Å². The molecule has 0 aromatic heterocycles. The summed E-state index contributed by atoms with van der Waals surface area (Å²) in [5.74, 6) is -0.522. The van der Waals surface area contributed by atoms with E-state index >= 15 is 0 Å². The van der Waals surface area contributed by atoms with Crippen molar-refractivity contribution in [1.29, 1.82) is 0 Å². The Morgan fingerprint density at radius 1 is 0.793 bits per heavy atom. The fourth-order valence-electron chi connectivity index (χ4n) is 2.92. The van der Waals surface area contributed by atoms with E-state index in [-0.39, 0.29) is 13.2 Å². The van der Waals surface area contributed by atoms with Crippen LogP contribution in [0.2, 0.25) is 0 Å². The fourth-order valence-corrected chi connectivity index (χ4v) is 2.92. The van der Waals surface area contributed by atoms with Gasteiger partial charge in [0.15, 0.2) is 0 Å². The van der Waals surface area contributed by atoms with Gasteiger partial charge in [0.25, 0.3) is 5.91 Å². The molecule has 0 saturated carbocycles. The number of hydroxylamine groups is 2. The van der Waals surface area contributed by atoms with E-state index in [1.165, 1.54) is 71.1 Å². The Balaban J connectivity index is 3.38. The highest BCUT2D eigenvalue weighted by atomic mass is 16.8. The van der Waals surface area contributed by atoms with Crippen molar-refractivity contribution in [1.82, 2.24) is 5.06 Å². The minimum atomic E-state index is -0.949. The lowest BCUT2D eigenvalue weighted by Gasteiger charge is -2.16. The van der Waals surface area contributed by atoms with Gasteiger partial charge in [-0.15, -0.1) is 0 Å². The molecule has 0 heterocycles. The van der Waals surface area contributed by atoms with Gasteiger partial charge < -0.3 is 14.4 Å². The van der Waals surface area contributed by atoms with Gasteiger partial charge >= 0.3 is 6.16 Å². The van der Waals surface area contributed by atoms with Gasteiger partial charge in [-0.05, 0) is 32.1 Å². The normalized spacial score (nSPS) is 10.8. The molecule has 6 heteroatoms. The van der Waals surface area contributed by atoms with Crippen LogP contribution in [0.5, 0.6) is 0 Å². The average Bonchev–Trinajstić information content (AvgIpc) is 2.70. The second kappa shape index (κ2) is 20.9. The standard InChI is InChI=1S/C23H41NO5/c1-3-4-5-6-7-8-9-10-11-12-13-14-15-16-17-18-21-28-23(27)29-24(19-20-25)22(2)26/h10-11,20H,3-9,12-19,21H2,1-2H3. The lowest BCUT2D eigenvalue weighted by Crippen LogP contribution is -2.33. The van der Waals surface area contributed by atoms with Crippen LogP contribution >= 0.6 is 0 Å². The van der Waals surface area contributed by atoms with E-state index in [4.69, 9.17) is 4.74 Å². The number of ether oxygens (including phenoxy) is 1. The number of unbranched alkanes of at least 4 members (excludes halogenated alkanes) is 12. The van der Waals surface area contributed by atoms with Crippen LogP contribution < -0.4 is 0 Å². The summed E-state index contributed by atoms with van der Waals surface area (Å²) in [7, 11) is 0. The molecule has 0 aliphatic heterocycles. The summed E-state index contributed by atoms with van der Waals surface area (Å²) in [4.78, 5) is 37.6. The van der Waals surface area contributed by atoms with E-state index in [0.29, 0.717) is 11.3 Å². The molecule has 0 unspecified atom stereocenters. The Bertz CT molecular complexity index is 451. The number of amides is 1. The molecule has 0 atom stereocenters. The van der Waals surface area contributed by atoms with E-state index in [9.17, 15) is 14.4 Å². The molecule has 0 fully saturated rings. The molecule has 0 saturated heterocycles. The Hall–Kier alpha value is -1.85. The third kappa shape index (κ3) is 19.2. The first-order valence-corrected chi connectivity index (χ1v) is 11.3. The first-order chi connectivity index (χ1) is 14.1. The summed E-state index contributed by atoms with van der Waals surface area (Å²) in [6.45, 7) is 3.43. The van der Waals surface area contributed by atoms with Crippen LogP contribution in [-0.4, -0.2) is 36.6 Å². The maximum Gasteiger partial charge on any atom is 0.533 e. The van der Waals surface area contributed by atoms with Gasteiger partial charge in [-0.1, -0.05) is 76.9 Å². The lowest BCUT2D eigenvalue weighted by molar-refractivity contribution is -0.170. The number of carbonyl (C=O) groups is 3. The van der Waals surface area contributed by atoms with Crippen LogP contribution in [0, 0.1) is 0 Å². The van der Waals surface area contributed by atoms with E-state index in [1.807, 2.05) is 0 Å². The monoisotopic (exact) mass is 411 g/mol. The summed E-state index contributed by atoms with van der Waals surface area (Å²) < 4.78 is 4.91. The molecule has 0 aliphatic rings. The maximum atomic E-state index is 11.4. The molecule has 0 rings (SSSR count). The molecule has 6 nitrogen and oxygen atoms in total. The Labute approximate surface area is 177 Å². The number of allylic oxidation sites excluding steroid dienone is 2. The highest BCUT2D eigenvalue weighted by molar-refractivity contribution is 5.76. The van der Waals surface area contributed by atoms with Gasteiger partial charge in [-0.25, -0.2) is 4.79 Å². The minimum Gasteiger partial charge on any atom is -0.433 e. The van der Waals surface area contributed by atoms with Gasteiger partial charge in [0, 0.05) is 6.92 Å². The van der Waals surface area contributed by atoms with Crippen LogP contribution in [0.1, 0.15) is 104 Å². The Morgan fingerprint density at radius 3 is 1.83 bits per heavy atom. The van der Waals surface area contributed by atoms with E-state index in [0.717, 1.165) is 25.7 Å². The molecule has 0 aromatic carbocycles. The smallest absolute Gasteiger partial charge is 0.433 e. The quantitative estimate of drug-likeness (QED) is 0.0890. The van der Waals surface area contributed by atoms with Crippen LogP contribution in [0.15, 0.2) is 12.2 Å². The zero-order chi connectivity index (χ0) is 21.6. The van der Waals surface area contributed by atoms with Crippen molar-refractivity contribution < 1.29 is 24.0 Å². The molecule has 1 amide bonds. The summed E-state index contributed by atoms with van der Waals surface area (Å²) in [6, 6.07) is 0. The molecule has 0 radical (unpaired) electrons. The highest BCUT2D eigenvalue weighted by Crippen LogP contribution is 2.10. The van der Waals surface area contributed by atoms with Gasteiger partial charge in [-0.2, -0.15) is 5.06 Å². The molecular formula is C23H41NO5. The second-order valence-electron chi connectivity index (χ2n) is 7.37.